The van der Waals surface area contributed by atoms with Crippen LogP contribution in [-0.2, 0) is 11.2 Å². The molecule has 88 valence electrons. The molecule has 2 atom stereocenters. The molecule has 0 aromatic heterocycles. The lowest BCUT2D eigenvalue weighted by molar-refractivity contribution is -0.122. The molecule has 4 heteroatoms. The van der Waals surface area contributed by atoms with Gasteiger partial charge in [0.25, 0.3) is 0 Å². The fourth-order valence-corrected chi connectivity index (χ4v) is 1.51. The molecule has 1 aromatic carbocycles. The summed E-state index contributed by atoms with van der Waals surface area (Å²) < 4.78 is 13.0. The summed E-state index contributed by atoms with van der Waals surface area (Å²) in [4.78, 5) is 11.8. The number of benzene rings is 1. The van der Waals surface area contributed by atoms with Gasteiger partial charge in [0, 0.05) is 23.4 Å². The number of hydrogen-bond acceptors (Lipinski definition) is 2. The van der Waals surface area contributed by atoms with Gasteiger partial charge in [-0.05, 0) is 30.7 Å². The fourth-order valence-electron chi connectivity index (χ4n) is 1.32. The molecule has 0 aliphatic heterocycles. The zero-order valence-corrected chi connectivity index (χ0v) is 10.1. The van der Waals surface area contributed by atoms with Crippen LogP contribution in [0.1, 0.15) is 19.4 Å². The molecule has 0 fully saturated rings. The van der Waals surface area contributed by atoms with E-state index in [1.807, 2.05) is 0 Å². The predicted molar refractivity (Wildman–Crippen MR) is 62.9 cm³/mol. The van der Waals surface area contributed by atoms with E-state index in [9.17, 15) is 9.18 Å². The Morgan fingerprint density at radius 2 is 2.12 bits per heavy atom. The summed E-state index contributed by atoms with van der Waals surface area (Å²) in [6, 6.07) is 3.80. The first-order valence-electron chi connectivity index (χ1n) is 5.14. The Hall–Kier alpha value is -0.930. The molecule has 0 spiro atoms. The van der Waals surface area contributed by atoms with Crippen molar-refractivity contribution in [2.24, 2.45) is 11.7 Å². The molecule has 0 aliphatic carbocycles. The quantitative estimate of drug-likeness (QED) is 0.883. The highest BCUT2D eigenvalue weighted by Gasteiger charge is 2.18. The van der Waals surface area contributed by atoms with Gasteiger partial charge in [-0.2, -0.15) is 0 Å². The standard InChI is InChI=1S/C12H15ClFNO/c1-7(8(2)15)12(16)6-9-5-10(14)3-4-11(9)13/h3-5,7-8H,6,15H2,1-2H3. The van der Waals surface area contributed by atoms with Crippen LogP contribution in [0.25, 0.3) is 0 Å². The molecule has 0 aliphatic rings. The van der Waals surface area contributed by atoms with Crippen LogP contribution in [-0.4, -0.2) is 11.8 Å². The Morgan fingerprint density at radius 3 is 2.69 bits per heavy atom. The predicted octanol–water partition coefficient (Wildman–Crippen LogP) is 2.57. The van der Waals surface area contributed by atoms with E-state index in [4.69, 9.17) is 17.3 Å². The molecule has 0 radical (unpaired) electrons. The third kappa shape index (κ3) is 3.29. The van der Waals surface area contributed by atoms with Crippen molar-refractivity contribution in [1.82, 2.24) is 0 Å². The second kappa shape index (κ2) is 5.41. The van der Waals surface area contributed by atoms with E-state index in [-0.39, 0.29) is 30.0 Å². The summed E-state index contributed by atoms with van der Waals surface area (Å²) in [5.74, 6) is -0.664. The molecule has 2 N–H and O–H groups in total. The highest BCUT2D eigenvalue weighted by Crippen LogP contribution is 2.19. The van der Waals surface area contributed by atoms with Crippen molar-refractivity contribution < 1.29 is 9.18 Å². The molecular formula is C12H15ClFNO. The van der Waals surface area contributed by atoms with E-state index in [0.29, 0.717) is 10.6 Å². The van der Waals surface area contributed by atoms with Gasteiger partial charge >= 0.3 is 0 Å². The second-order valence-electron chi connectivity index (χ2n) is 4.03. The van der Waals surface area contributed by atoms with E-state index in [1.165, 1.54) is 18.2 Å². The van der Waals surface area contributed by atoms with Crippen molar-refractivity contribution in [3.8, 4) is 0 Å². The van der Waals surface area contributed by atoms with E-state index in [1.54, 1.807) is 13.8 Å². The Balaban J connectivity index is 2.80. The Bertz CT molecular complexity index is 393. The van der Waals surface area contributed by atoms with Crippen LogP contribution in [0, 0.1) is 11.7 Å². The van der Waals surface area contributed by atoms with E-state index in [2.05, 4.69) is 0 Å². The first-order chi connectivity index (χ1) is 7.41. The van der Waals surface area contributed by atoms with Crippen molar-refractivity contribution >= 4 is 17.4 Å². The number of nitrogens with two attached hydrogens (primary N) is 1. The summed E-state index contributed by atoms with van der Waals surface area (Å²) >= 11 is 5.87. The van der Waals surface area contributed by atoms with Crippen molar-refractivity contribution in [3.05, 3.63) is 34.6 Å². The largest absolute Gasteiger partial charge is 0.327 e. The third-order valence-electron chi connectivity index (χ3n) is 2.67. The normalized spacial score (nSPS) is 14.6. The fraction of sp³-hybridized carbons (Fsp3) is 0.417. The molecule has 0 saturated heterocycles. The number of rotatable bonds is 4. The lowest BCUT2D eigenvalue weighted by atomic mass is 9.94. The van der Waals surface area contributed by atoms with Crippen LogP contribution in [0.4, 0.5) is 4.39 Å². The van der Waals surface area contributed by atoms with E-state index in [0.717, 1.165) is 0 Å². The number of carbonyl (C=O) groups excluding carboxylic acids is 1. The maximum Gasteiger partial charge on any atom is 0.141 e. The number of ketones is 1. The number of hydrogen-bond donors (Lipinski definition) is 1. The first-order valence-corrected chi connectivity index (χ1v) is 5.52. The van der Waals surface area contributed by atoms with Crippen molar-refractivity contribution in [2.75, 3.05) is 0 Å². The smallest absolute Gasteiger partial charge is 0.141 e. The topological polar surface area (TPSA) is 43.1 Å². The summed E-state index contributed by atoms with van der Waals surface area (Å²) in [5.41, 5.74) is 6.14. The lowest BCUT2D eigenvalue weighted by Crippen LogP contribution is -2.31. The van der Waals surface area contributed by atoms with Crippen LogP contribution < -0.4 is 5.73 Å². The number of halogens is 2. The molecule has 0 saturated carbocycles. The number of carbonyl (C=O) groups is 1. The minimum absolute atomic E-state index is 0.0255. The van der Waals surface area contributed by atoms with E-state index < -0.39 is 0 Å². The Kier molecular flexibility index (Phi) is 4.44. The lowest BCUT2D eigenvalue weighted by Gasteiger charge is -2.14. The Labute approximate surface area is 99.6 Å². The van der Waals surface area contributed by atoms with Gasteiger partial charge in [-0.3, -0.25) is 4.79 Å². The maximum atomic E-state index is 13.0. The van der Waals surface area contributed by atoms with Crippen LogP contribution in [0.3, 0.4) is 0 Å². The third-order valence-corrected chi connectivity index (χ3v) is 3.04. The van der Waals surface area contributed by atoms with Gasteiger partial charge in [0.1, 0.15) is 11.6 Å². The average molecular weight is 244 g/mol. The Morgan fingerprint density at radius 1 is 1.50 bits per heavy atom. The summed E-state index contributed by atoms with van der Waals surface area (Å²) in [5, 5.41) is 0.409. The van der Waals surface area contributed by atoms with Gasteiger partial charge in [0.15, 0.2) is 0 Å². The van der Waals surface area contributed by atoms with Gasteiger partial charge in [-0.15, -0.1) is 0 Å². The zero-order valence-electron chi connectivity index (χ0n) is 9.34. The van der Waals surface area contributed by atoms with Gasteiger partial charge in [0.2, 0.25) is 0 Å². The van der Waals surface area contributed by atoms with Crippen LogP contribution in [0.15, 0.2) is 18.2 Å². The summed E-state index contributed by atoms with van der Waals surface area (Å²) in [6.07, 6.45) is 0.124. The molecule has 16 heavy (non-hydrogen) atoms. The number of Topliss-reactive ketones (excluding diaryl/α,β-unsaturated/α-hetero) is 1. The summed E-state index contributed by atoms with van der Waals surface area (Å²) in [7, 11) is 0. The molecule has 2 unspecified atom stereocenters. The zero-order chi connectivity index (χ0) is 12.3. The van der Waals surface area contributed by atoms with E-state index >= 15 is 0 Å². The highest BCUT2D eigenvalue weighted by molar-refractivity contribution is 6.31. The molecule has 2 nitrogen and oxygen atoms in total. The second-order valence-corrected chi connectivity index (χ2v) is 4.43. The SMILES string of the molecule is CC(N)C(C)C(=O)Cc1cc(F)ccc1Cl. The molecular weight excluding hydrogens is 229 g/mol. The van der Waals surface area contributed by atoms with Gasteiger partial charge < -0.3 is 5.73 Å². The summed E-state index contributed by atoms with van der Waals surface area (Å²) in [6.45, 7) is 3.54. The molecule has 0 bridgehead atoms. The van der Waals surface area contributed by atoms with Crippen LogP contribution in [0.2, 0.25) is 5.02 Å². The van der Waals surface area contributed by atoms with Crippen LogP contribution in [0.5, 0.6) is 0 Å². The minimum Gasteiger partial charge on any atom is -0.327 e. The maximum absolute atomic E-state index is 13.0. The molecule has 1 rings (SSSR count). The van der Waals surface area contributed by atoms with Crippen LogP contribution >= 0.6 is 11.6 Å². The average Bonchev–Trinajstić information content (AvgIpc) is 2.22. The first kappa shape index (κ1) is 13.1. The van der Waals surface area contributed by atoms with Gasteiger partial charge in [-0.1, -0.05) is 18.5 Å². The highest BCUT2D eigenvalue weighted by atomic mass is 35.5. The molecule has 0 heterocycles. The van der Waals surface area contributed by atoms with Gasteiger partial charge in [-0.25, -0.2) is 4.39 Å². The molecule has 1 aromatic rings. The monoisotopic (exact) mass is 243 g/mol. The van der Waals surface area contributed by atoms with Crippen molar-refractivity contribution in [2.45, 2.75) is 26.3 Å². The van der Waals surface area contributed by atoms with Gasteiger partial charge in [0.05, 0.1) is 0 Å². The minimum atomic E-state index is -0.388. The van der Waals surface area contributed by atoms with Crippen molar-refractivity contribution in [1.29, 1.82) is 0 Å². The van der Waals surface area contributed by atoms with Crippen molar-refractivity contribution in [3.63, 3.8) is 0 Å². The molecule has 0 amide bonds.